The van der Waals surface area contributed by atoms with Crippen LogP contribution in [-0.4, -0.2) is 79.4 Å². The van der Waals surface area contributed by atoms with Gasteiger partial charge in [-0.05, 0) is 17.5 Å². The highest BCUT2D eigenvalue weighted by Gasteiger charge is 2.49. The first-order valence-electron chi connectivity index (χ1n) is 11.4. The highest BCUT2D eigenvalue weighted by molar-refractivity contribution is 7.46. The van der Waals surface area contributed by atoms with E-state index in [4.69, 9.17) is 19.7 Å². The Labute approximate surface area is 215 Å². The molecule has 0 saturated carbocycles. The summed E-state index contributed by atoms with van der Waals surface area (Å²) in [6, 6.07) is 10.8. The lowest BCUT2D eigenvalue weighted by molar-refractivity contribution is -0.0562. The number of ether oxygens (including phenoxy) is 2. The van der Waals surface area contributed by atoms with Crippen LogP contribution in [0.4, 0.5) is 11.5 Å². The van der Waals surface area contributed by atoms with Gasteiger partial charge in [-0.15, -0.1) is 0 Å². The quantitative estimate of drug-likeness (QED) is 0.192. The number of anilines is 2. The molecule has 0 spiro atoms. The minimum atomic E-state index is -5.06. The van der Waals surface area contributed by atoms with Crippen molar-refractivity contribution in [1.82, 2.24) is 19.5 Å². The number of aromatic nitrogens is 4. The summed E-state index contributed by atoms with van der Waals surface area (Å²) >= 11 is 0. The number of phosphoric acid groups is 1. The molecule has 0 radical (unpaired) electrons. The lowest BCUT2D eigenvalue weighted by Crippen LogP contribution is -2.36. The zero-order chi connectivity index (χ0) is 27.2. The Morgan fingerprint density at radius 1 is 1.16 bits per heavy atom. The second-order valence-corrected chi connectivity index (χ2v) is 10.1. The summed E-state index contributed by atoms with van der Waals surface area (Å²) in [6.07, 6.45) is -3.10. The summed E-state index contributed by atoms with van der Waals surface area (Å²) in [5, 5.41) is 12.4. The van der Waals surface area contributed by atoms with Gasteiger partial charge in [0.1, 0.15) is 36.8 Å². The van der Waals surface area contributed by atoms with E-state index in [1.807, 2.05) is 37.2 Å². The fourth-order valence-corrected chi connectivity index (χ4v) is 5.10. The highest BCUT2D eigenvalue weighted by Crippen LogP contribution is 2.44. The average molecular weight is 544 g/mol. The van der Waals surface area contributed by atoms with Crippen LogP contribution in [0.2, 0.25) is 0 Å². The van der Waals surface area contributed by atoms with Crippen LogP contribution < -0.4 is 10.6 Å². The number of nitrogens with two attached hydrogens (primary N) is 1. The van der Waals surface area contributed by atoms with Gasteiger partial charge in [0.25, 0.3) is 0 Å². The molecule has 1 saturated heterocycles. The molecule has 4 aromatic rings. The van der Waals surface area contributed by atoms with Gasteiger partial charge in [-0.1, -0.05) is 24.3 Å². The molecular weight excluding hydrogens is 519 g/mol. The molecule has 2 aromatic heterocycles. The van der Waals surface area contributed by atoms with Gasteiger partial charge in [-0.25, -0.2) is 24.3 Å². The third kappa shape index (κ3) is 4.80. The van der Waals surface area contributed by atoms with Crippen LogP contribution >= 0.6 is 7.82 Å². The number of carbonyl (C=O) groups excluding carboxylic acids is 1. The maximum atomic E-state index is 13.1. The second-order valence-electron chi connectivity index (χ2n) is 8.87. The van der Waals surface area contributed by atoms with Crippen LogP contribution in [0.5, 0.6) is 0 Å². The monoisotopic (exact) mass is 544 g/mol. The molecule has 15 heteroatoms. The number of rotatable bonds is 7. The predicted molar refractivity (Wildman–Crippen MR) is 135 cm³/mol. The zero-order valence-corrected chi connectivity index (χ0v) is 21.2. The van der Waals surface area contributed by atoms with Crippen LogP contribution in [0.25, 0.3) is 21.9 Å². The number of carbonyl (C=O) groups is 1. The van der Waals surface area contributed by atoms with E-state index in [1.165, 1.54) is 17.2 Å². The lowest BCUT2D eigenvalue weighted by Gasteiger charge is -2.21. The SMILES string of the molecule is CN(C)c1cccc2c(C(=O)OC[C@H]3O[C@@H](n4cnc5c(N)ncnc54)[C@H](O)[C@@H]3OP(=O)(O)O)cccc12. The van der Waals surface area contributed by atoms with E-state index in [1.54, 1.807) is 18.2 Å². The minimum Gasteiger partial charge on any atom is -0.459 e. The number of nitrogens with zero attached hydrogens (tertiary/aromatic N) is 5. The van der Waals surface area contributed by atoms with Gasteiger partial charge in [0.15, 0.2) is 17.7 Å². The number of benzene rings is 2. The molecule has 0 unspecified atom stereocenters. The van der Waals surface area contributed by atoms with Crippen LogP contribution in [0.15, 0.2) is 49.1 Å². The maximum Gasteiger partial charge on any atom is 0.470 e. The summed E-state index contributed by atoms with van der Waals surface area (Å²) in [7, 11) is -1.27. The summed E-state index contributed by atoms with van der Waals surface area (Å²) < 4.78 is 29.2. The van der Waals surface area contributed by atoms with E-state index in [0.29, 0.717) is 10.9 Å². The van der Waals surface area contributed by atoms with Gasteiger partial charge in [-0.2, -0.15) is 0 Å². The van der Waals surface area contributed by atoms with Crippen molar-refractivity contribution >= 4 is 47.2 Å². The van der Waals surface area contributed by atoms with E-state index < -0.39 is 44.9 Å². The Hall–Kier alpha value is -3.65. The number of hydrogen-bond acceptors (Lipinski definition) is 11. The van der Waals surface area contributed by atoms with Gasteiger partial charge < -0.3 is 35.0 Å². The number of aliphatic hydroxyl groups is 1. The van der Waals surface area contributed by atoms with Crippen molar-refractivity contribution < 1.29 is 38.3 Å². The van der Waals surface area contributed by atoms with Crippen LogP contribution in [0.3, 0.4) is 0 Å². The molecule has 1 fully saturated rings. The fourth-order valence-electron chi connectivity index (χ4n) is 4.53. The van der Waals surface area contributed by atoms with Crippen LogP contribution in [-0.2, 0) is 18.6 Å². The predicted octanol–water partition coefficient (Wildman–Crippen LogP) is 1.22. The Kier molecular flexibility index (Phi) is 6.77. The van der Waals surface area contributed by atoms with E-state index in [9.17, 15) is 24.3 Å². The molecule has 14 nitrogen and oxygen atoms in total. The van der Waals surface area contributed by atoms with E-state index in [2.05, 4.69) is 15.0 Å². The molecule has 3 heterocycles. The van der Waals surface area contributed by atoms with E-state index >= 15 is 0 Å². The van der Waals surface area contributed by atoms with Crippen molar-refractivity contribution in [2.45, 2.75) is 24.5 Å². The van der Waals surface area contributed by atoms with Crippen LogP contribution in [0, 0.1) is 0 Å². The molecule has 4 atom stereocenters. The van der Waals surface area contributed by atoms with E-state index in [0.717, 1.165) is 11.1 Å². The Morgan fingerprint density at radius 3 is 2.63 bits per heavy atom. The molecule has 0 aliphatic carbocycles. The maximum absolute atomic E-state index is 13.1. The van der Waals surface area contributed by atoms with Gasteiger partial charge in [0, 0.05) is 25.2 Å². The number of aliphatic hydroxyl groups excluding tert-OH is 1. The van der Waals surface area contributed by atoms with Crippen molar-refractivity contribution in [2.75, 3.05) is 31.3 Å². The van der Waals surface area contributed by atoms with E-state index in [-0.39, 0.29) is 17.0 Å². The Morgan fingerprint density at radius 2 is 1.89 bits per heavy atom. The topological polar surface area (TPSA) is 195 Å². The smallest absolute Gasteiger partial charge is 0.459 e. The first kappa shape index (κ1) is 26.0. The van der Waals surface area contributed by atoms with Crippen molar-refractivity contribution in [2.24, 2.45) is 0 Å². The molecule has 5 rings (SSSR count). The number of nitrogen functional groups attached to an aromatic ring is 1. The largest absolute Gasteiger partial charge is 0.470 e. The van der Waals surface area contributed by atoms with Crippen molar-refractivity contribution in [3.05, 3.63) is 54.6 Å². The molecule has 5 N–H and O–H groups in total. The summed E-state index contributed by atoms with van der Waals surface area (Å²) in [5.74, 6) is -0.584. The first-order valence-corrected chi connectivity index (χ1v) is 12.9. The number of esters is 1. The zero-order valence-electron chi connectivity index (χ0n) is 20.3. The minimum absolute atomic E-state index is 0.0993. The van der Waals surface area contributed by atoms with Gasteiger partial charge in [0.2, 0.25) is 0 Å². The van der Waals surface area contributed by atoms with Gasteiger partial charge in [-0.3, -0.25) is 9.09 Å². The average Bonchev–Trinajstić information content (AvgIpc) is 3.43. The van der Waals surface area contributed by atoms with Crippen molar-refractivity contribution in [1.29, 1.82) is 0 Å². The molecular formula is C23H25N6O8P. The molecule has 38 heavy (non-hydrogen) atoms. The number of fused-ring (bicyclic) bond motifs is 2. The van der Waals surface area contributed by atoms with Crippen molar-refractivity contribution in [3.8, 4) is 0 Å². The van der Waals surface area contributed by atoms with Gasteiger partial charge >= 0.3 is 13.8 Å². The molecule has 0 amide bonds. The summed E-state index contributed by atoms with van der Waals surface area (Å²) in [5.41, 5.74) is 7.50. The number of hydrogen-bond donors (Lipinski definition) is 4. The summed E-state index contributed by atoms with van der Waals surface area (Å²) in [6.45, 7) is -0.468. The second kappa shape index (κ2) is 9.91. The molecule has 1 aliphatic rings. The Balaban J connectivity index is 1.41. The standard InChI is InChI=1S/C23H25N6O8P/c1-28(2)15-8-4-5-12-13(15)6-3-7-14(12)23(31)35-9-16-19(37-38(32,33)34)18(30)22(36-16)29-11-27-17-20(24)25-10-26-21(17)29/h3-8,10-11,16,18-19,22,30H,9H2,1-2H3,(H2,24,25,26)(H2,32,33,34)/t16-,18-,19-,22-/m1/s1. The number of imidazole rings is 1. The normalized spacial score (nSPS) is 21.7. The molecule has 1 aliphatic heterocycles. The molecule has 2 aromatic carbocycles. The molecule has 0 bridgehead atoms. The third-order valence-electron chi connectivity index (χ3n) is 6.21. The van der Waals surface area contributed by atoms with Crippen LogP contribution in [0.1, 0.15) is 16.6 Å². The fraction of sp³-hybridized carbons (Fsp3) is 0.304. The van der Waals surface area contributed by atoms with Crippen molar-refractivity contribution in [3.63, 3.8) is 0 Å². The highest BCUT2D eigenvalue weighted by atomic mass is 31.2. The lowest BCUT2D eigenvalue weighted by atomic mass is 10.0. The molecule has 200 valence electrons. The first-order chi connectivity index (χ1) is 18.0. The third-order valence-corrected chi connectivity index (χ3v) is 6.73. The number of phosphoric ester groups is 1. The Bertz CT molecular complexity index is 1560. The van der Waals surface area contributed by atoms with Gasteiger partial charge in [0.05, 0.1) is 11.9 Å². The summed E-state index contributed by atoms with van der Waals surface area (Å²) in [4.78, 5) is 46.0.